The molecule has 1 heterocycles. The zero-order valence-corrected chi connectivity index (χ0v) is 18.8. The summed E-state index contributed by atoms with van der Waals surface area (Å²) in [4.78, 5) is 12.5. The lowest BCUT2D eigenvalue weighted by Gasteiger charge is -2.09. The number of hydrogen-bond acceptors (Lipinski definition) is 6. The summed E-state index contributed by atoms with van der Waals surface area (Å²) in [6.07, 6.45) is 2.94. The number of aromatic nitrogens is 2. The minimum absolute atomic E-state index is 0.151. The maximum absolute atomic E-state index is 12.4. The van der Waals surface area contributed by atoms with Crippen molar-refractivity contribution in [2.24, 2.45) is 0 Å². The van der Waals surface area contributed by atoms with Crippen LogP contribution in [0.3, 0.4) is 0 Å². The lowest BCUT2D eigenvalue weighted by Crippen LogP contribution is -2.14. The molecule has 2 N–H and O–H groups in total. The molecule has 1 amide bonds. The van der Waals surface area contributed by atoms with Crippen molar-refractivity contribution >= 4 is 54.0 Å². The van der Waals surface area contributed by atoms with Gasteiger partial charge in [0.1, 0.15) is 5.01 Å². The molecule has 2 aromatic carbocycles. The van der Waals surface area contributed by atoms with Crippen molar-refractivity contribution in [3.63, 3.8) is 0 Å². The Labute approximate surface area is 181 Å². The molecular weight excluding hydrogens is 476 g/mol. The SMILES string of the molecule is CCCCc1nnc(NC(=O)c2ccc(NS(=O)(=O)c3ccc(Br)cc3)cc2)s1. The van der Waals surface area contributed by atoms with E-state index < -0.39 is 10.0 Å². The summed E-state index contributed by atoms with van der Waals surface area (Å²) in [5, 5.41) is 12.1. The van der Waals surface area contributed by atoms with Crippen LogP contribution >= 0.6 is 27.3 Å². The third-order valence-corrected chi connectivity index (χ3v) is 6.78. The highest BCUT2D eigenvalue weighted by atomic mass is 79.9. The van der Waals surface area contributed by atoms with Gasteiger partial charge in [-0.05, 0) is 55.0 Å². The van der Waals surface area contributed by atoms with Crippen LogP contribution < -0.4 is 10.0 Å². The third kappa shape index (κ3) is 5.84. The molecule has 10 heteroatoms. The van der Waals surface area contributed by atoms with E-state index in [1.165, 1.54) is 35.6 Å². The largest absolute Gasteiger partial charge is 0.296 e. The van der Waals surface area contributed by atoms with Gasteiger partial charge < -0.3 is 0 Å². The van der Waals surface area contributed by atoms with Gasteiger partial charge in [0, 0.05) is 22.1 Å². The lowest BCUT2D eigenvalue weighted by atomic mass is 10.2. The van der Waals surface area contributed by atoms with Crippen LogP contribution in [0.4, 0.5) is 10.8 Å². The maximum atomic E-state index is 12.4. The van der Waals surface area contributed by atoms with Gasteiger partial charge in [0.05, 0.1) is 4.90 Å². The van der Waals surface area contributed by atoms with Crippen molar-refractivity contribution in [1.82, 2.24) is 10.2 Å². The molecule has 152 valence electrons. The van der Waals surface area contributed by atoms with Crippen LogP contribution in [0.25, 0.3) is 0 Å². The summed E-state index contributed by atoms with van der Waals surface area (Å²) in [7, 11) is -3.70. The Morgan fingerprint density at radius 1 is 1.07 bits per heavy atom. The highest BCUT2D eigenvalue weighted by molar-refractivity contribution is 9.10. The van der Waals surface area contributed by atoms with Crippen molar-refractivity contribution in [1.29, 1.82) is 0 Å². The van der Waals surface area contributed by atoms with Crippen molar-refractivity contribution < 1.29 is 13.2 Å². The van der Waals surface area contributed by atoms with E-state index in [1.807, 2.05) is 0 Å². The summed E-state index contributed by atoms with van der Waals surface area (Å²) >= 11 is 4.63. The lowest BCUT2D eigenvalue weighted by molar-refractivity contribution is 0.102. The first kappa shape index (κ1) is 21.4. The number of halogens is 1. The first-order chi connectivity index (χ1) is 13.9. The quantitative estimate of drug-likeness (QED) is 0.472. The molecule has 7 nitrogen and oxygen atoms in total. The Morgan fingerprint density at radius 2 is 1.76 bits per heavy atom. The van der Waals surface area contributed by atoms with E-state index in [1.54, 1.807) is 24.3 Å². The molecule has 0 radical (unpaired) electrons. The smallest absolute Gasteiger partial charge is 0.261 e. The first-order valence-corrected chi connectivity index (χ1v) is 12.0. The van der Waals surface area contributed by atoms with Gasteiger partial charge in [-0.25, -0.2) is 8.42 Å². The second kappa shape index (κ2) is 9.47. The fourth-order valence-corrected chi connectivity index (χ4v) is 4.52. The van der Waals surface area contributed by atoms with Gasteiger partial charge >= 0.3 is 0 Å². The number of sulfonamides is 1. The molecule has 0 bridgehead atoms. The minimum atomic E-state index is -3.70. The predicted octanol–water partition coefficient (Wildman–Crippen LogP) is 4.70. The molecule has 1 aromatic heterocycles. The fraction of sp³-hybridized carbons (Fsp3) is 0.211. The van der Waals surface area contributed by atoms with Crippen molar-refractivity contribution in [3.05, 3.63) is 63.6 Å². The number of nitrogens with one attached hydrogen (secondary N) is 2. The van der Waals surface area contributed by atoms with Crippen LogP contribution in [0.15, 0.2) is 57.9 Å². The summed E-state index contributed by atoms with van der Waals surface area (Å²) in [5.41, 5.74) is 0.754. The van der Waals surface area contributed by atoms with Crippen LogP contribution in [-0.4, -0.2) is 24.5 Å². The average molecular weight is 495 g/mol. The van der Waals surface area contributed by atoms with Crippen molar-refractivity contribution in [3.8, 4) is 0 Å². The Hall–Kier alpha value is -2.30. The molecule has 0 aliphatic rings. The molecule has 3 aromatic rings. The second-order valence-corrected chi connectivity index (χ2v) is 9.86. The van der Waals surface area contributed by atoms with Crippen LogP contribution in [0.5, 0.6) is 0 Å². The predicted molar refractivity (Wildman–Crippen MR) is 118 cm³/mol. The molecule has 29 heavy (non-hydrogen) atoms. The summed E-state index contributed by atoms with van der Waals surface area (Å²) in [5.74, 6) is -0.328. The molecule has 0 atom stereocenters. The van der Waals surface area contributed by atoms with Gasteiger partial charge in [-0.15, -0.1) is 10.2 Å². The maximum Gasteiger partial charge on any atom is 0.261 e. The molecule has 0 aliphatic carbocycles. The Balaban J connectivity index is 1.64. The van der Waals surface area contributed by atoms with Crippen LogP contribution in [0, 0.1) is 0 Å². The molecule has 0 unspecified atom stereocenters. The van der Waals surface area contributed by atoms with Crippen molar-refractivity contribution in [2.45, 2.75) is 31.1 Å². The summed E-state index contributed by atoms with van der Waals surface area (Å²) in [6, 6.07) is 12.5. The number of amides is 1. The zero-order chi connectivity index (χ0) is 20.9. The van der Waals surface area contributed by atoms with Gasteiger partial charge in [0.15, 0.2) is 0 Å². The number of anilines is 2. The number of unbranched alkanes of at least 4 members (excludes halogenated alkanes) is 1. The summed E-state index contributed by atoms with van der Waals surface area (Å²) < 4.78 is 28.2. The van der Waals surface area contributed by atoms with E-state index in [4.69, 9.17) is 0 Å². The molecule has 0 fully saturated rings. The number of carbonyl (C=O) groups excluding carboxylic acids is 1. The molecule has 3 rings (SSSR count). The van der Waals surface area contributed by atoms with E-state index in [-0.39, 0.29) is 10.8 Å². The highest BCUT2D eigenvalue weighted by Gasteiger charge is 2.15. The zero-order valence-electron chi connectivity index (χ0n) is 15.6. The summed E-state index contributed by atoms with van der Waals surface area (Å²) in [6.45, 7) is 2.10. The molecule has 0 spiro atoms. The van der Waals surface area contributed by atoms with Crippen molar-refractivity contribution in [2.75, 3.05) is 10.0 Å². The molecule has 0 aliphatic heterocycles. The van der Waals surface area contributed by atoms with Crippen LogP contribution in [-0.2, 0) is 16.4 Å². The Bertz CT molecular complexity index is 1080. The van der Waals surface area contributed by atoms with E-state index >= 15 is 0 Å². The molecule has 0 saturated carbocycles. The highest BCUT2D eigenvalue weighted by Crippen LogP contribution is 2.21. The minimum Gasteiger partial charge on any atom is -0.296 e. The van der Waals surface area contributed by atoms with Gasteiger partial charge in [0.2, 0.25) is 5.13 Å². The Kier molecular flexibility index (Phi) is 6.99. The monoisotopic (exact) mass is 494 g/mol. The van der Waals surface area contributed by atoms with Gasteiger partial charge in [-0.1, -0.05) is 40.6 Å². The average Bonchev–Trinajstić information content (AvgIpc) is 3.14. The topological polar surface area (TPSA) is 101 Å². The standard InChI is InChI=1S/C19H19BrN4O3S2/c1-2-3-4-17-22-23-19(28-17)21-18(25)13-5-9-15(10-6-13)24-29(26,27)16-11-7-14(20)8-12-16/h5-12,24H,2-4H2,1H3,(H,21,23,25). The number of rotatable bonds is 8. The van der Waals surface area contributed by atoms with Crippen LogP contribution in [0.2, 0.25) is 0 Å². The number of nitrogens with zero attached hydrogens (tertiary/aromatic N) is 2. The van der Waals surface area contributed by atoms with E-state index in [2.05, 4.69) is 43.1 Å². The fourth-order valence-electron chi connectivity index (χ4n) is 2.42. The first-order valence-electron chi connectivity index (χ1n) is 8.89. The number of benzene rings is 2. The normalized spacial score (nSPS) is 11.2. The third-order valence-electron chi connectivity index (χ3n) is 3.95. The van der Waals surface area contributed by atoms with E-state index in [9.17, 15) is 13.2 Å². The van der Waals surface area contributed by atoms with Gasteiger partial charge in [-0.2, -0.15) is 0 Å². The molecular formula is C19H19BrN4O3S2. The number of hydrogen-bond donors (Lipinski definition) is 2. The van der Waals surface area contributed by atoms with Crippen LogP contribution in [0.1, 0.15) is 35.1 Å². The number of carbonyl (C=O) groups is 1. The number of aryl methyl sites for hydroxylation is 1. The Morgan fingerprint density at radius 3 is 2.41 bits per heavy atom. The molecule has 0 saturated heterocycles. The van der Waals surface area contributed by atoms with E-state index in [0.29, 0.717) is 16.4 Å². The second-order valence-electron chi connectivity index (χ2n) is 6.20. The van der Waals surface area contributed by atoms with Gasteiger partial charge in [-0.3, -0.25) is 14.8 Å². The van der Waals surface area contributed by atoms with E-state index in [0.717, 1.165) is 28.7 Å². The van der Waals surface area contributed by atoms with Gasteiger partial charge in [0.25, 0.3) is 15.9 Å².